The third-order valence-electron chi connectivity index (χ3n) is 2.93. The van der Waals surface area contributed by atoms with Crippen LogP contribution in [0.25, 0.3) is 0 Å². The standard InChI is InChI=1S/C16H25NO3/c1-13(2)12-17(8-7-16(18)19)9-10-20-15-6-4-5-14(3)11-15/h4-6,11,13H,7-10,12H2,1-3H3,(H,18,19). The second kappa shape index (κ2) is 8.59. The Labute approximate surface area is 121 Å². The predicted octanol–water partition coefficient (Wildman–Crippen LogP) is 2.81. The molecule has 1 aromatic rings. The van der Waals surface area contributed by atoms with E-state index >= 15 is 0 Å². The monoisotopic (exact) mass is 279 g/mol. The Morgan fingerprint density at radius 1 is 1.35 bits per heavy atom. The van der Waals surface area contributed by atoms with Crippen LogP contribution in [0, 0.1) is 12.8 Å². The summed E-state index contributed by atoms with van der Waals surface area (Å²) < 4.78 is 5.72. The molecule has 0 aromatic heterocycles. The number of aryl methyl sites for hydroxylation is 1. The van der Waals surface area contributed by atoms with Crippen LogP contribution in [0.3, 0.4) is 0 Å². The molecule has 0 saturated heterocycles. The predicted molar refractivity (Wildman–Crippen MR) is 80.2 cm³/mol. The van der Waals surface area contributed by atoms with E-state index in [2.05, 4.69) is 18.7 Å². The van der Waals surface area contributed by atoms with E-state index in [1.807, 2.05) is 31.2 Å². The first-order valence-corrected chi connectivity index (χ1v) is 7.11. The second-order valence-corrected chi connectivity index (χ2v) is 5.50. The first-order valence-electron chi connectivity index (χ1n) is 7.11. The second-order valence-electron chi connectivity index (χ2n) is 5.50. The van der Waals surface area contributed by atoms with Gasteiger partial charge in [-0.1, -0.05) is 26.0 Å². The van der Waals surface area contributed by atoms with Gasteiger partial charge in [0.15, 0.2) is 0 Å². The van der Waals surface area contributed by atoms with Gasteiger partial charge in [-0.05, 0) is 30.5 Å². The van der Waals surface area contributed by atoms with Crippen molar-refractivity contribution < 1.29 is 14.6 Å². The van der Waals surface area contributed by atoms with E-state index in [0.29, 0.717) is 19.1 Å². The van der Waals surface area contributed by atoms with Crippen LogP contribution in [0.15, 0.2) is 24.3 Å². The van der Waals surface area contributed by atoms with Crippen molar-refractivity contribution in [3.63, 3.8) is 0 Å². The minimum absolute atomic E-state index is 0.178. The van der Waals surface area contributed by atoms with Crippen molar-refractivity contribution in [2.75, 3.05) is 26.2 Å². The number of carboxylic acids is 1. The Morgan fingerprint density at radius 3 is 2.70 bits per heavy atom. The van der Waals surface area contributed by atoms with Crippen LogP contribution in [0.5, 0.6) is 5.75 Å². The lowest BCUT2D eigenvalue weighted by Crippen LogP contribution is -2.33. The molecule has 0 aliphatic rings. The molecule has 0 spiro atoms. The molecule has 0 heterocycles. The van der Waals surface area contributed by atoms with Crippen LogP contribution in [0.1, 0.15) is 25.8 Å². The molecule has 0 fully saturated rings. The highest BCUT2D eigenvalue weighted by Crippen LogP contribution is 2.12. The van der Waals surface area contributed by atoms with Crippen LogP contribution in [0.4, 0.5) is 0 Å². The van der Waals surface area contributed by atoms with E-state index in [-0.39, 0.29) is 6.42 Å². The minimum Gasteiger partial charge on any atom is -0.492 e. The van der Waals surface area contributed by atoms with Gasteiger partial charge in [-0.2, -0.15) is 0 Å². The zero-order valence-electron chi connectivity index (χ0n) is 12.6. The number of rotatable bonds is 9. The van der Waals surface area contributed by atoms with E-state index in [9.17, 15) is 4.79 Å². The highest BCUT2D eigenvalue weighted by Gasteiger charge is 2.09. The van der Waals surface area contributed by atoms with E-state index < -0.39 is 5.97 Å². The van der Waals surface area contributed by atoms with E-state index in [0.717, 1.165) is 18.8 Å². The zero-order chi connectivity index (χ0) is 15.0. The number of benzene rings is 1. The van der Waals surface area contributed by atoms with Crippen LogP contribution in [0.2, 0.25) is 0 Å². The average Bonchev–Trinajstić information content (AvgIpc) is 2.35. The average molecular weight is 279 g/mol. The van der Waals surface area contributed by atoms with E-state index in [4.69, 9.17) is 9.84 Å². The molecule has 0 radical (unpaired) electrons. The SMILES string of the molecule is Cc1cccc(OCCN(CCC(=O)O)CC(C)C)c1. The van der Waals surface area contributed by atoms with Gasteiger partial charge in [-0.3, -0.25) is 9.69 Å². The Kier molecular flexibility index (Phi) is 7.09. The summed E-state index contributed by atoms with van der Waals surface area (Å²) in [6.07, 6.45) is 0.178. The van der Waals surface area contributed by atoms with Gasteiger partial charge in [0.25, 0.3) is 0 Å². The van der Waals surface area contributed by atoms with Gasteiger partial charge < -0.3 is 9.84 Å². The quantitative estimate of drug-likeness (QED) is 0.755. The van der Waals surface area contributed by atoms with Gasteiger partial charge in [0.1, 0.15) is 12.4 Å². The molecule has 0 bridgehead atoms. The molecule has 0 amide bonds. The summed E-state index contributed by atoms with van der Waals surface area (Å²) in [6.45, 7) is 9.10. The minimum atomic E-state index is -0.752. The molecule has 0 aliphatic carbocycles. The lowest BCUT2D eigenvalue weighted by Gasteiger charge is -2.23. The highest BCUT2D eigenvalue weighted by molar-refractivity contribution is 5.66. The molecule has 0 aliphatic heterocycles. The van der Waals surface area contributed by atoms with Crippen molar-refractivity contribution >= 4 is 5.97 Å². The molecular formula is C16H25NO3. The third-order valence-corrected chi connectivity index (χ3v) is 2.93. The summed E-state index contributed by atoms with van der Waals surface area (Å²) in [5.41, 5.74) is 1.17. The fourth-order valence-electron chi connectivity index (χ4n) is 2.06. The number of carboxylic acid groups (broad SMARTS) is 1. The van der Waals surface area contributed by atoms with Crippen molar-refractivity contribution in [3.05, 3.63) is 29.8 Å². The number of carbonyl (C=O) groups is 1. The summed E-state index contributed by atoms with van der Waals surface area (Å²) in [6, 6.07) is 7.95. The van der Waals surface area contributed by atoms with Crippen molar-refractivity contribution in [2.45, 2.75) is 27.2 Å². The molecule has 0 atom stereocenters. The van der Waals surface area contributed by atoms with Gasteiger partial charge in [-0.25, -0.2) is 0 Å². The maximum Gasteiger partial charge on any atom is 0.304 e. The molecule has 1 rings (SSSR count). The normalized spacial score (nSPS) is 11.1. The van der Waals surface area contributed by atoms with Crippen molar-refractivity contribution in [1.29, 1.82) is 0 Å². The summed E-state index contributed by atoms with van der Waals surface area (Å²) in [5.74, 6) is 0.633. The summed E-state index contributed by atoms with van der Waals surface area (Å²) in [4.78, 5) is 12.8. The van der Waals surface area contributed by atoms with Crippen molar-refractivity contribution in [1.82, 2.24) is 4.90 Å². The summed E-state index contributed by atoms with van der Waals surface area (Å²) >= 11 is 0. The molecule has 1 aromatic carbocycles. The molecule has 112 valence electrons. The fraction of sp³-hybridized carbons (Fsp3) is 0.562. The number of aliphatic carboxylic acids is 1. The molecular weight excluding hydrogens is 254 g/mol. The summed E-state index contributed by atoms with van der Waals surface area (Å²) in [7, 11) is 0. The molecule has 20 heavy (non-hydrogen) atoms. The van der Waals surface area contributed by atoms with Crippen molar-refractivity contribution in [2.24, 2.45) is 5.92 Å². The molecule has 0 saturated carbocycles. The van der Waals surface area contributed by atoms with E-state index in [1.54, 1.807) is 0 Å². The van der Waals surface area contributed by atoms with Crippen LogP contribution in [-0.4, -0.2) is 42.2 Å². The lowest BCUT2D eigenvalue weighted by molar-refractivity contribution is -0.137. The van der Waals surface area contributed by atoms with Gasteiger partial charge in [-0.15, -0.1) is 0 Å². The number of nitrogens with zero attached hydrogens (tertiary/aromatic N) is 1. The molecule has 0 unspecified atom stereocenters. The van der Waals surface area contributed by atoms with Gasteiger partial charge >= 0.3 is 5.97 Å². The number of ether oxygens (including phenoxy) is 1. The Hall–Kier alpha value is -1.55. The highest BCUT2D eigenvalue weighted by atomic mass is 16.5. The van der Waals surface area contributed by atoms with Gasteiger partial charge in [0, 0.05) is 19.6 Å². The molecule has 4 nitrogen and oxygen atoms in total. The molecule has 4 heteroatoms. The number of hydrogen-bond acceptors (Lipinski definition) is 3. The smallest absolute Gasteiger partial charge is 0.304 e. The first kappa shape index (κ1) is 16.5. The molecule has 1 N–H and O–H groups in total. The number of hydrogen-bond donors (Lipinski definition) is 1. The van der Waals surface area contributed by atoms with Crippen LogP contribution < -0.4 is 4.74 Å². The zero-order valence-corrected chi connectivity index (χ0v) is 12.6. The van der Waals surface area contributed by atoms with Crippen molar-refractivity contribution in [3.8, 4) is 5.75 Å². The third kappa shape index (κ3) is 7.14. The topological polar surface area (TPSA) is 49.8 Å². The maximum absolute atomic E-state index is 10.7. The lowest BCUT2D eigenvalue weighted by atomic mass is 10.2. The Bertz CT molecular complexity index is 418. The van der Waals surface area contributed by atoms with E-state index in [1.165, 1.54) is 5.56 Å². The Morgan fingerprint density at radius 2 is 2.10 bits per heavy atom. The van der Waals surface area contributed by atoms with Crippen LogP contribution in [-0.2, 0) is 4.79 Å². The first-order chi connectivity index (χ1) is 9.47. The fourth-order valence-corrected chi connectivity index (χ4v) is 2.06. The van der Waals surface area contributed by atoms with Crippen LogP contribution >= 0.6 is 0 Å². The maximum atomic E-state index is 10.7. The largest absolute Gasteiger partial charge is 0.492 e. The van der Waals surface area contributed by atoms with Gasteiger partial charge in [0.2, 0.25) is 0 Å². The van der Waals surface area contributed by atoms with Gasteiger partial charge in [0.05, 0.1) is 6.42 Å². The Balaban J connectivity index is 2.38. The summed E-state index contributed by atoms with van der Waals surface area (Å²) in [5, 5.41) is 8.77.